The van der Waals surface area contributed by atoms with Crippen LogP contribution in [-0.2, 0) is 6.54 Å². The Labute approximate surface area is 96.4 Å². The molecular weight excluding hydrogens is 222 g/mol. The molecule has 0 spiro atoms. The van der Waals surface area contributed by atoms with Crippen molar-refractivity contribution >= 4 is 17.4 Å². The molecule has 2 aromatic heterocycles. The molecule has 1 amide bonds. The fourth-order valence-corrected chi connectivity index (χ4v) is 1.29. The van der Waals surface area contributed by atoms with Gasteiger partial charge in [-0.2, -0.15) is 5.10 Å². The second-order valence-corrected chi connectivity index (χ2v) is 3.31. The first-order chi connectivity index (χ1) is 8.16. The maximum Gasteiger partial charge on any atom is 0.252 e. The molecule has 8 heteroatoms. The van der Waals surface area contributed by atoms with Crippen LogP contribution in [0.25, 0.3) is 0 Å². The molecule has 2 rings (SSSR count). The Morgan fingerprint density at radius 3 is 2.94 bits per heavy atom. The van der Waals surface area contributed by atoms with Gasteiger partial charge in [-0.05, 0) is 6.07 Å². The summed E-state index contributed by atoms with van der Waals surface area (Å²) in [6.07, 6.45) is 2.83. The second kappa shape index (κ2) is 4.47. The van der Waals surface area contributed by atoms with Crippen LogP contribution in [0.15, 0.2) is 18.6 Å². The van der Waals surface area contributed by atoms with Gasteiger partial charge in [-0.1, -0.05) is 0 Å². The molecule has 0 saturated heterocycles. The topological polar surface area (TPSA) is 136 Å². The first-order valence-electron chi connectivity index (χ1n) is 4.80. The summed E-state index contributed by atoms with van der Waals surface area (Å²) in [7, 11) is 0. The van der Waals surface area contributed by atoms with Crippen LogP contribution in [0.2, 0.25) is 0 Å². The van der Waals surface area contributed by atoms with Crippen molar-refractivity contribution in [1.29, 1.82) is 0 Å². The highest BCUT2D eigenvalue weighted by atomic mass is 16.1. The molecule has 0 aliphatic carbocycles. The molecule has 0 radical (unpaired) electrons. The molecule has 0 bridgehead atoms. The van der Waals surface area contributed by atoms with E-state index in [0.29, 0.717) is 23.9 Å². The van der Waals surface area contributed by atoms with E-state index in [4.69, 9.17) is 11.5 Å². The van der Waals surface area contributed by atoms with Gasteiger partial charge in [0.05, 0.1) is 24.0 Å². The molecule has 0 saturated carbocycles. The molecule has 2 aromatic rings. The van der Waals surface area contributed by atoms with Crippen molar-refractivity contribution < 1.29 is 4.79 Å². The van der Waals surface area contributed by atoms with Gasteiger partial charge in [-0.3, -0.25) is 9.89 Å². The van der Waals surface area contributed by atoms with Crippen molar-refractivity contribution in [2.45, 2.75) is 6.54 Å². The van der Waals surface area contributed by atoms with Gasteiger partial charge in [0.25, 0.3) is 5.91 Å². The van der Waals surface area contributed by atoms with Gasteiger partial charge in [0.1, 0.15) is 18.0 Å². The number of nitrogens with zero attached hydrogens (tertiary/aromatic N) is 3. The minimum atomic E-state index is -0.593. The van der Waals surface area contributed by atoms with E-state index in [9.17, 15) is 4.79 Å². The molecule has 0 fully saturated rings. The van der Waals surface area contributed by atoms with Crippen LogP contribution >= 0.6 is 0 Å². The average Bonchev–Trinajstić information content (AvgIpc) is 2.80. The summed E-state index contributed by atoms with van der Waals surface area (Å²) in [5, 5.41) is 9.30. The van der Waals surface area contributed by atoms with Gasteiger partial charge in [0.2, 0.25) is 0 Å². The van der Waals surface area contributed by atoms with Gasteiger partial charge in [-0.25, -0.2) is 9.97 Å². The molecule has 0 unspecified atom stereocenters. The first-order valence-corrected chi connectivity index (χ1v) is 4.80. The van der Waals surface area contributed by atoms with Gasteiger partial charge in [0.15, 0.2) is 0 Å². The van der Waals surface area contributed by atoms with Crippen molar-refractivity contribution in [2.75, 3.05) is 11.1 Å². The summed E-state index contributed by atoms with van der Waals surface area (Å²) in [4.78, 5) is 19.1. The van der Waals surface area contributed by atoms with E-state index in [1.54, 1.807) is 0 Å². The third-order valence-electron chi connectivity index (χ3n) is 2.06. The second-order valence-electron chi connectivity index (χ2n) is 3.31. The highest BCUT2D eigenvalue weighted by Gasteiger charge is 2.10. The summed E-state index contributed by atoms with van der Waals surface area (Å²) in [6.45, 7) is 0.358. The number of carbonyl (C=O) groups is 1. The van der Waals surface area contributed by atoms with Gasteiger partial charge >= 0.3 is 0 Å². The lowest BCUT2D eigenvalue weighted by molar-refractivity contribution is 0.100. The van der Waals surface area contributed by atoms with Crippen LogP contribution in [-0.4, -0.2) is 26.1 Å². The molecule has 0 atom stereocenters. The number of H-pyrrole nitrogens is 1. The molecule has 0 aromatic carbocycles. The Balaban J connectivity index is 2.17. The smallest absolute Gasteiger partial charge is 0.252 e. The lowest BCUT2D eigenvalue weighted by Gasteiger charge is -2.07. The highest BCUT2D eigenvalue weighted by Crippen LogP contribution is 2.15. The fraction of sp³-hybridized carbons (Fsp3) is 0.111. The lowest BCUT2D eigenvalue weighted by atomic mass is 10.2. The van der Waals surface area contributed by atoms with Gasteiger partial charge in [-0.15, -0.1) is 0 Å². The van der Waals surface area contributed by atoms with E-state index in [-0.39, 0.29) is 5.56 Å². The Kier molecular flexibility index (Phi) is 2.86. The van der Waals surface area contributed by atoms with Crippen molar-refractivity contribution in [3.8, 4) is 0 Å². The zero-order valence-corrected chi connectivity index (χ0v) is 8.84. The van der Waals surface area contributed by atoms with Crippen LogP contribution in [0.4, 0.5) is 11.5 Å². The van der Waals surface area contributed by atoms with Crippen LogP contribution in [0.1, 0.15) is 16.2 Å². The maximum atomic E-state index is 11.2. The number of primary amides is 1. The maximum absolute atomic E-state index is 11.2. The molecule has 17 heavy (non-hydrogen) atoms. The number of hydrogen-bond donors (Lipinski definition) is 4. The van der Waals surface area contributed by atoms with E-state index in [0.717, 1.165) is 0 Å². The van der Waals surface area contributed by atoms with E-state index in [1.807, 2.05) is 0 Å². The lowest BCUT2D eigenvalue weighted by Crippen LogP contribution is -2.16. The number of aromatic nitrogens is 4. The molecule has 6 N–H and O–H groups in total. The van der Waals surface area contributed by atoms with Crippen molar-refractivity contribution in [1.82, 2.24) is 20.2 Å². The fourth-order valence-electron chi connectivity index (χ4n) is 1.29. The predicted octanol–water partition coefficient (Wildman–Crippen LogP) is -0.507. The Hall–Kier alpha value is -2.64. The summed E-state index contributed by atoms with van der Waals surface area (Å²) < 4.78 is 0. The van der Waals surface area contributed by atoms with E-state index >= 15 is 0 Å². The summed E-state index contributed by atoms with van der Waals surface area (Å²) in [5.74, 6) is 0.395. The number of carbonyl (C=O) groups excluding carboxylic acids is 1. The van der Waals surface area contributed by atoms with Crippen molar-refractivity contribution in [2.24, 2.45) is 5.73 Å². The summed E-state index contributed by atoms with van der Waals surface area (Å²) >= 11 is 0. The summed E-state index contributed by atoms with van der Waals surface area (Å²) in [6, 6.07) is 1.47. The number of nitrogen functional groups attached to an aromatic ring is 1. The predicted molar refractivity (Wildman–Crippen MR) is 60.9 cm³/mol. The molecule has 88 valence electrons. The summed E-state index contributed by atoms with van der Waals surface area (Å²) in [5.41, 5.74) is 11.4. The number of hydrogen-bond acceptors (Lipinski definition) is 6. The number of nitrogens with one attached hydrogen (secondary N) is 2. The van der Waals surface area contributed by atoms with E-state index < -0.39 is 5.91 Å². The van der Waals surface area contributed by atoms with Crippen LogP contribution in [0.5, 0.6) is 0 Å². The number of anilines is 2. The standard InChI is InChI=1S/C9H11N7O/c10-5-1-6(8(11)17)9(12-2-5)13-3-7-14-4-15-16-7/h1-2,4H,3,10H2,(H2,11,17)(H,12,13)(H,14,15,16). The zero-order chi connectivity index (χ0) is 12.3. The number of nitrogens with two attached hydrogens (primary N) is 2. The van der Waals surface area contributed by atoms with Crippen LogP contribution < -0.4 is 16.8 Å². The average molecular weight is 233 g/mol. The Morgan fingerprint density at radius 2 is 2.29 bits per heavy atom. The molecule has 8 nitrogen and oxygen atoms in total. The van der Waals surface area contributed by atoms with Crippen molar-refractivity contribution in [3.63, 3.8) is 0 Å². The van der Waals surface area contributed by atoms with Gasteiger partial charge < -0.3 is 16.8 Å². The normalized spacial score (nSPS) is 10.1. The third kappa shape index (κ3) is 2.48. The quantitative estimate of drug-likeness (QED) is 0.561. The minimum Gasteiger partial charge on any atom is -0.397 e. The van der Waals surface area contributed by atoms with E-state index in [1.165, 1.54) is 18.6 Å². The largest absolute Gasteiger partial charge is 0.397 e. The van der Waals surface area contributed by atoms with Crippen LogP contribution in [0, 0.1) is 0 Å². The van der Waals surface area contributed by atoms with E-state index in [2.05, 4.69) is 25.5 Å². The highest BCUT2D eigenvalue weighted by molar-refractivity contribution is 5.98. The minimum absolute atomic E-state index is 0.240. The third-order valence-corrected chi connectivity index (χ3v) is 2.06. The molecule has 0 aliphatic heterocycles. The molecule has 2 heterocycles. The van der Waals surface area contributed by atoms with Gasteiger partial charge in [0, 0.05) is 0 Å². The number of amides is 1. The Morgan fingerprint density at radius 1 is 1.47 bits per heavy atom. The number of pyridine rings is 1. The molecular formula is C9H11N7O. The SMILES string of the molecule is NC(=O)c1cc(N)cnc1NCc1ncn[nH]1. The monoisotopic (exact) mass is 233 g/mol. The molecule has 0 aliphatic rings. The number of aromatic amines is 1. The van der Waals surface area contributed by atoms with Crippen LogP contribution in [0.3, 0.4) is 0 Å². The first kappa shape index (κ1) is 10.9. The zero-order valence-electron chi connectivity index (χ0n) is 8.84. The number of rotatable bonds is 4. The Bertz CT molecular complexity index is 522. The van der Waals surface area contributed by atoms with Crippen molar-refractivity contribution in [3.05, 3.63) is 30.0 Å².